The lowest BCUT2D eigenvalue weighted by molar-refractivity contribution is 0.285. The predicted octanol–water partition coefficient (Wildman–Crippen LogP) is 3.67. The second-order valence-electron chi connectivity index (χ2n) is 4.64. The Hall–Kier alpha value is -0.120. The van der Waals surface area contributed by atoms with Crippen LogP contribution < -0.4 is 5.32 Å². The van der Waals surface area contributed by atoms with E-state index >= 15 is 0 Å². The molecule has 15 heavy (non-hydrogen) atoms. The van der Waals surface area contributed by atoms with Crippen LogP contribution in [-0.2, 0) is 6.42 Å². The largest absolute Gasteiger partial charge is 0.309 e. The monoisotopic (exact) mass is 249 g/mol. The number of thiophene rings is 1. The van der Waals surface area contributed by atoms with E-state index in [4.69, 9.17) is 11.6 Å². The summed E-state index contributed by atoms with van der Waals surface area (Å²) in [5.41, 5.74) is -0.0303. The maximum Gasteiger partial charge on any atom is 0.117 e. The number of hydrogen-bond acceptors (Lipinski definition) is 2. The maximum atomic E-state index is 13.5. The fourth-order valence-electron chi connectivity index (χ4n) is 1.17. The summed E-state index contributed by atoms with van der Waals surface area (Å²) >= 11 is 7.22. The smallest absolute Gasteiger partial charge is 0.117 e. The quantitative estimate of drug-likeness (QED) is 0.859. The first-order valence-electron chi connectivity index (χ1n) is 5.00. The summed E-state index contributed by atoms with van der Waals surface area (Å²) in [6, 6.07) is 3.70. The van der Waals surface area contributed by atoms with Crippen molar-refractivity contribution in [3.63, 3.8) is 0 Å². The molecule has 1 unspecified atom stereocenters. The van der Waals surface area contributed by atoms with E-state index in [1.165, 1.54) is 11.3 Å². The average molecular weight is 250 g/mol. The van der Waals surface area contributed by atoms with E-state index < -0.39 is 6.17 Å². The lowest BCUT2D eigenvalue weighted by atomic mass is 10.1. The van der Waals surface area contributed by atoms with Crippen LogP contribution in [0.3, 0.4) is 0 Å². The molecule has 0 aliphatic carbocycles. The van der Waals surface area contributed by atoms with Crippen molar-refractivity contribution in [2.24, 2.45) is 0 Å². The van der Waals surface area contributed by atoms with Crippen LogP contribution in [0.15, 0.2) is 12.1 Å². The van der Waals surface area contributed by atoms with E-state index in [0.717, 1.165) is 9.21 Å². The molecule has 0 saturated heterocycles. The summed E-state index contributed by atoms with van der Waals surface area (Å²) in [7, 11) is 0. The Labute approximate surface area is 99.6 Å². The molecule has 1 rings (SSSR count). The Morgan fingerprint density at radius 3 is 2.60 bits per heavy atom. The molecule has 1 aromatic rings. The van der Waals surface area contributed by atoms with Gasteiger partial charge in [0.25, 0.3) is 0 Å². The van der Waals surface area contributed by atoms with Gasteiger partial charge in [0.15, 0.2) is 0 Å². The summed E-state index contributed by atoms with van der Waals surface area (Å²) in [5, 5.41) is 3.15. The zero-order valence-corrected chi connectivity index (χ0v) is 10.9. The second-order valence-corrected chi connectivity index (χ2v) is 6.44. The lowest BCUT2D eigenvalue weighted by Gasteiger charge is -2.21. The van der Waals surface area contributed by atoms with Crippen molar-refractivity contribution in [2.45, 2.75) is 38.9 Å². The van der Waals surface area contributed by atoms with Crippen molar-refractivity contribution < 1.29 is 4.39 Å². The molecular weight excluding hydrogens is 233 g/mol. The zero-order valence-electron chi connectivity index (χ0n) is 9.31. The van der Waals surface area contributed by atoms with Gasteiger partial charge in [0.2, 0.25) is 0 Å². The van der Waals surface area contributed by atoms with Gasteiger partial charge in [-0.25, -0.2) is 4.39 Å². The minimum absolute atomic E-state index is 0.0303. The molecule has 1 heterocycles. The first kappa shape index (κ1) is 12.9. The van der Waals surface area contributed by atoms with E-state index in [-0.39, 0.29) is 5.54 Å². The summed E-state index contributed by atoms with van der Waals surface area (Å²) in [6.45, 7) is 6.48. The molecule has 0 amide bonds. The van der Waals surface area contributed by atoms with E-state index in [9.17, 15) is 4.39 Å². The highest BCUT2D eigenvalue weighted by Gasteiger charge is 2.14. The number of alkyl halides is 1. The van der Waals surface area contributed by atoms with Gasteiger partial charge in [0, 0.05) is 23.4 Å². The summed E-state index contributed by atoms with van der Waals surface area (Å²) < 4.78 is 14.3. The van der Waals surface area contributed by atoms with Gasteiger partial charge < -0.3 is 5.32 Å². The van der Waals surface area contributed by atoms with Crippen molar-refractivity contribution in [1.29, 1.82) is 0 Å². The van der Waals surface area contributed by atoms with Gasteiger partial charge in [-0.2, -0.15) is 0 Å². The Bertz CT molecular complexity index is 306. The normalized spacial score (nSPS) is 14.2. The van der Waals surface area contributed by atoms with Gasteiger partial charge in [0.1, 0.15) is 6.17 Å². The summed E-state index contributed by atoms with van der Waals surface area (Å²) in [6.07, 6.45) is -0.403. The van der Waals surface area contributed by atoms with Crippen molar-refractivity contribution in [2.75, 3.05) is 6.54 Å². The van der Waals surface area contributed by atoms with E-state index in [1.807, 2.05) is 32.9 Å². The van der Waals surface area contributed by atoms with Crippen LogP contribution in [0.2, 0.25) is 4.34 Å². The van der Waals surface area contributed by atoms with E-state index in [1.54, 1.807) is 0 Å². The molecule has 0 radical (unpaired) electrons. The summed E-state index contributed by atoms with van der Waals surface area (Å²) in [5.74, 6) is 0. The van der Waals surface area contributed by atoms with Gasteiger partial charge in [0.05, 0.1) is 4.34 Å². The third-order valence-corrected chi connectivity index (χ3v) is 3.16. The molecule has 1 N–H and O–H groups in total. The highest BCUT2D eigenvalue weighted by Crippen LogP contribution is 2.23. The van der Waals surface area contributed by atoms with Crippen molar-refractivity contribution in [1.82, 2.24) is 5.32 Å². The van der Waals surface area contributed by atoms with Gasteiger partial charge >= 0.3 is 0 Å². The molecule has 0 fully saturated rings. The van der Waals surface area contributed by atoms with Crippen LogP contribution in [0, 0.1) is 0 Å². The Balaban J connectivity index is 2.33. The lowest BCUT2D eigenvalue weighted by Crippen LogP contribution is -2.40. The molecule has 0 bridgehead atoms. The number of nitrogens with one attached hydrogen (secondary N) is 1. The highest BCUT2D eigenvalue weighted by atomic mass is 35.5. The molecule has 4 heteroatoms. The molecule has 0 aromatic carbocycles. The number of halogens is 2. The fourth-order valence-corrected chi connectivity index (χ4v) is 2.32. The van der Waals surface area contributed by atoms with E-state index in [0.29, 0.717) is 13.0 Å². The molecule has 0 spiro atoms. The fraction of sp³-hybridized carbons (Fsp3) is 0.636. The van der Waals surface area contributed by atoms with E-state index in [2.05, 4.69) is 5.32 Å². The third kappa shape index (κ3) is 5.50. The average Bonchev–Trinajstić information content (AvgIpc) is 2.47. The van der Waals surface area contributed by atoms with Gasteiger partial charge in [-0.3, -0.25) is 0 Å². The van der Waals surface area contributed by atoms with Crippen LogP contribution >= 0.6 is 22.9 Å². The van der Waals surface area contributed by atoms with Crippen LogP contribution in [0.25, 0.3) is 0 Å². The molecule has 1 nitrogen and oxygen atoms in total. The number of rotatable bonds is 4. The minimum Gasteiger partial charge on any atom is -0.309 e. The van der Waals surface area contributed by atoms with Gasteiger partial charge in [-0.1, -0.05) is 11.6 Å². The Kier molecular flexibility index (Phi) is 4.56. The topological polar surface area (TPSA) is 12.0 Å². The predicted molar refractivity (Wildman–Crippen MR) is 65.7 cm³/mol. The van der Waals surface area contributed by atoms with Crippen LogP contribution in [0.4, 0.5) is 4.39 Å². The Morgan fingerprint density at radius 2 is 2.13 bits per heavy atom. The number of hydrogen-bond donors (Lipinski definition) is 1. The zero-order chi connectivity index (χ0) is 11.5. The SMILES string of the molecule is CC(C)(C)NCC(F)Cc1ccc(Cl)s1. The first-order chi connectivity index (χ1) is 6.87. The molecule has 1 aromatic heterocycles. The molecule has 0 aliphatic rings. The second kappa shape index (κ2) is 5.28. The highest BCUT2D eigenvalue weighted by molar-refractivity contribution is 7.16. The van der Waals surface area contributed by atoms with Crippen LogP contribution in [-0.4, -0.2) is 18.3 Å². The van der Waals surface area contributed by atoms with Gasteiger partial charge in [-0.05, 0) is 32.9 Å². The standard InChI is InChI=1S/C11H17ClFNS/c1-11(2,3)14-7-8(13)6-9-4-5-10(12)15-9/h4-5,8,14H,6-7H2,1-3H3. The van der Waals surface area contributed by atoms with Crippen LogP contribution in [0.5, 0.6) is 0 Å². The molecule has 0 aliphatic heterocycles. The maximum absolute atomic E-state index is 13.5. The molecule has 1 atom stereocenters. The van der Waals surface area contributed by atoms with Crippen LogP contribution in [0.1, 0.15) is 25.6 Å². The third-order valence-electron chi connectivity index (χ3n) is 1.91. The Morgan fingerprint density at radius 1 is 1.47 bits per heavy atom. The molecule has 86 valence electrons. The van der Waals surface area contributed by atoms with Gasteiger partial charge in [-0.15, -0.1) is 11.3 Å². The summed E-state index contributed by atoms with van der Waals surface area (Å²) in [4.78, 5) is 1.00. The van der Waals surface area contributed by atoms with Crippen molar-refractivity contribution >= 4 is 22.9 Å². The molecule has 0 saturated carbocycles. The molecular formula is C11H17ClFNS. The van der Waals surface area contributed by atoms with Crippen molar-refractivity contribution in [3.05, 3.63) is 21.3 Å². The minimum atomic E-state index is -0.848. The van der Waals surface area contributed by atoms with Crippen molar-refractivity contribution in [3.8, 4) is 0 Å². The first-order valence-corrected chi connectivity index (χ1v) is 6.19.